The second-order valence-corrected chi connectivity index (χ2v) is 11.4. The molecule has 4 aromatic rings. The molecule has 192 valence electrons. The zero-order valence-corrected chi connectivity index (χ0v) is 21.4. The molecule has 8 heteroatoms. The Hall–Kier alpha value is -3.23. The maximum Gasteiger partial charge on any atom is 0.163 e. The normalized spacial score (nSPS) is 27.0. The minimum absolute atomic E-state index is 0.0230. The average molecular weight is 499 g/mol. The molecule has 4 atom stereocenters. The van der Waals surface area contributed by atoms with Crippen LogP contribution in [-0.2, 0) is 15.9 Å². The van der Waals surface area contributed by atoms with Crippen molar-refractivity contribution in [2.75, 3.05) is 11.1 Å². The predicted octanol–water partition coefficient (Wildman–Crippen LogP) is 5.24. The number of rotatable bonds is 6. The van der Waals surface area contributed by atoms with Gasteiger partial charge in [0.1, 0.15) is 29.7 Å². The van der Waals surface area contributed by atoms with Crippen molar-refractivity contribution in [3.05, 3.63) is 54.5 Å². The highest BCUT2D eigenvalue weighted by Gasteiger charge is 2.54. The molecule has 8 nitrogen and oxygen atoms in total. The summed E-state index contributed by atoms with van der Waals surface area (Å²) in [4.78, 5) is 13.6. The number of hydrogen-bond acceptors (Lipinski definition) is 7. The Bertz CT molecular complexity index is 1460. The number of benzene rings is 1. The van der Waals surface area contributed by atoms with E-state index in [1.54, 1.807) is 0 Å². The quantitative estimate of drug-likeness (QED) is 0.375. The molecule has 3 aliphatic rings. The van der Waals surface area contributed by atoms with Crippen LogP contribution in [0.4, 0.5) is 11.6 Å². The van der Waals surface area contributed by atoms with E-state index in [-0.39, 0.29) is 18.2 Å². The second-order valence-electron chi connectivity index (χ2n) is 11.4. The molecule has 7 rings (SSSR count). The Kier molecular flexibility index (Phi) is 5.37. The third-order valence-electron chi connectivity index (χ3n) is 8.47. The fourth-order valence-electron chi connectivity index (χ4n) is 6.38. The molecule has 3 N–H and O–H groups in total. The molecule has 0 spiro atoms. The van der Waals surface area contributed by atoms with E-state index in [9.17, 15) is 0 Å². The highest BCUT2D eigenvalue weighted by atomic mass is 16.8. The first kappa shape index (κ1) is 22.9. The number of nitrogens with zero attached hydrogens (tertiary/aromatic N) is 4. The third-order valence-corrected chi connectivity index (χ3v) is 8.47. The van der Waals surface area contributed by atoms with E-state index in [1.165, 1.54) is 36.5 Å². The molecular weight excluding hydrogens is 464 g/mol. The molecule has 0 unspecified atom stereocenters. The van der Waals surface area contributed by atoms with Crippen molar-refractivity contribution in [3.8, 4) is 0 Å². The summed E-state index contributed by atoms with van der Waals surface area (Å²) in [7, 11) is 0. The molecule has 1 saturated heterocycles. The van der Waals surface area contributed by atoms with Crippen LogP contribution in [-0.4, -0.2) is 43.6 Å². The fourth-order valence-corrected chi connectivity index (χ4v) is 6.38. The second kappa shape index (κ2) is 8.67. The van der Waals surface area contributed by atoms with Crippen LogP contribution in [0, 0.1) is 5.92 Å². The van der Waals surface area contributed by atoms with E-state index in [0.29, 0.717) is 17.8 Å². The van der Waals surface area contributed by atoms with Crippen molar-refractivity contribution in [2.45, 2.75) is 82.5 Å². The van der Waals surface area contributed by atoms with Crippen LogP contribution in [0.1, 0.15) is 57.6 Å². The number of nitrogen functional groups attached to an aromatic ring is 1. The van der Waals surface area contributed by atoms with Crippen LogP contribution in [0.25, 0.3) is 21.9 Å². The van der Waals surface area contributed by atoms with Gasteiger partial charge in [0.15, 0.2) is 5.79 Å². The molecule has 0 bridgehead atoms. The lowest BCUT2D eigenvalue weighted by molar-refractivity contribution is -0.160. The van der Waals surface area contributed by atoms with E-state index >= 15 is 0 Å². The monoisotopic (exact) mass is 498 g/mol. The highest BCUT2D eigenvalue weighted by molar-refractivity contribution is 5.86. The summed E-state index contributed by atoms with van der Waals surface area (Å²) >= 11 is 0. The minimum Gasteiger partial charge on any atom is -0.383 e. The zero-order valence-electron chi connectivity index (χ0n) is 21.4. The largest absolute Gasteiger partial charge is 0.383 e. The molecule has 1 aromatic carbocycles. The summed E-state index contributed by atoms with van der Waals surface area (Å²) in [6.45, 7) is 4.02. The summed E-state index contributed by atoms with van der Waals surface area (Å²) in [6, 6.07) is 13.7. The van der Waals surface area contributed by atoms with Gasteiger partial charge in [0.25, 0.3) is 0 Å². The van der Waals surface area contributed by atoms with Crippen LogP contribution in [0.2, 0.25) is 0 Å². The van der Waals surface area contributed by atoms with Crippen molar-refractivity contribution in [2.24, 2.45) is 5.92 Å². The maximum atomic E-state index is 6.46. The van der Waals surface area contributed by atoms with Gasteiger partial charge in [-0.25, -0.2) is 15.0 Å². The molecule has 2 saturated carbocycles. The zero-order chi connectivity index (χ0) is 25.1. The molecule has 0 amide bonds. The number of ether oxygens (including phenoxy) is 2. The molecule has 0 radical (unpaired) electrons. The first-order valence-corrected chi connectivity index (χ1v) is 13.5. The smallest absolute Gasteiger partial charge is 0.163 e. The van der Waals surface area contributed by atoms with Gasteiger partial charge in [-0.3, -0.25) is 0 Å². The van der Waals surface area contributed by atoms with Gasteiger partial charge in [-0.05, 0) is 88.1 Å². The van der Waals surface area contributed by atoms with Crippen molar-refractivity contribution >= 4 is 33.6 Å². The summed E-state index contributed by atoms with van der Waals surface area (Å²) in [5.41, 5.74) is 9.34. The SMILES string of the molecule is CC1(C)O[C@@H]2[C@@H](CCc3ccc4ccc(NC5CCC5)nc4c3)C[C@@H](n3ccc4c(N)ncnc43)[C@@H]2O1. The summed E-state index contributed by atoms with van der Waals surface area (Å²) in [5, 5.41) is 5.64. The van der Waals surface area contributed by atoms with Crippen LogP contribution in [0.15, 0.2) is 48.9 Å². The minimum atomic E-state index is -0.597. The van der Waals surface area contributed by atoms with E-state index in [2.05, 4.69) is 56.4 Å². The molecule has 4 heterocycles. The van der Waals surface area contributed by atoms with E-state index in [4.69, 9.17) is 20.2 Å². The topological polar surface area (TPSA) is 100 Å². The van der Waals surface area contributed by atoms with E-state index in [1.807, 2.05) is 19.9 Å². The third kappa shape index (κ3) is 4.12. The van der Waals surface area contributed by atoms with Gasteiger partial charge in [-0.1, -0.05) is 12.1 Å². The van der Waals surface area contributed by atoms with Gasteiger partial charge in [-0.2, -0.15) is 0 Å². The Labute approximate surface area is 216 Å². The van der Waals surface area contributed by atoms with Gasteiger partial charge in [0.2, 0.25) is 0 Å². The van der Waals surface area contributed by atoms with Crippen LogP contribution in [0.3, 0.4) is 0 Å². The highest BCUT2D eigenvalue weighted by Crippen LogP contribution is 2.49. The van der Waals surface area contributed by atoms with Crippen LogP contribution in [0.5, 0.6) is 0 Å². The average Bonchev–Trinajstić information content (AvgIpc) is 3.51. The van der Waals surface area contributed by atoms with E-state index < -0.39 is 5.79 Å². The van der Waals surface area contributed by atoms with Gasteiger partial charge >= 0.3 is 0 Å². The number of nitrogens with two attached hydrogens (primary N) is 1. The lowest BCUT2D eigenvalue weighted by Crippen LogP contribution is -2.27. The van der Waals surface area contributed by atoms with E-state index in [0.717, 1.165) is 41.6 Å². The molecule has 2 aliphatic carbocycles. The molecule has 37 heavy (non-hydrogen) atoms. The number of nitrogens with one attached hydrogen (secondary N) is 1. The van der Waals surface area contributed by atoms with Gasteiger partial charge in [-0.15, -0.1) is 0 Å². The first-order valence-electron chi connectivity index (χ1n) is 13.5. The maximum absolute atomic E-state index is 6.46. The Morgan fingerprint density at radius 3 is 2.76 bits per heavy atom. The van der Waals surface area contributed by atoms with Gasteiger partial charge in [0, 0.05) is 17.6 Å². The number of pyridine rings is 1. The van der Waals surface area contributed by atoms with Crippen molar-refractivity contribution in [3.63, 3.8) is 0 Å². The van der Waals surface area contributed by atoms with Crippen LogP contribution < -0.4 is 11.1 Å². The van der Waals surface area contributed by atoms with Crippen molar-refractivity contribution in [1.29, 1.82) is 0 Å². The predicted molar refractivity (Wildman–Crippen MR) is 144 cm³/mol. The number of fused-ring (bicyclic) bond motifs is 3. The van der Waals surface area contributed by atoms with Gasteiger partial charge in [0.05, 0.1) is 23.0 Å². The van der Waals surface area contributed by atoms with Crippen molar-refractivity contribution in [1.82, 2.24) is 19.5 Å². The summed E-state index contributed by atoms with van der Waals surface area (Å²) < 4.78 is 15.1. The Morgan fingerprint density at radius 2 is 1.92 bits per heavy atom. The lowest BCUT2D eigenvalue weighted by atomic mass is 9.93. The molecular formula is C29H34N6O2. The number of hydrogen-bond donors (Lipinski definition) is 2. The lowest BCUT2D eigenvalue weighted by Gasteiger charge is -2.27. The Balaban J connectivity index is 1.12. The fraction of sp³-hybridized carbons (Fsp3) is 0.483. The molecule has 3 aromatic heterocycles. The van der Waals surface area contributed by atoms with Crippen molar-refractivity contribution < 1.29 is 9.47 Å². The summed E-state index contributed by atoms with van der Waals surface area (Å²) in [5.74, 6) is 1.27. The Morgan fingerprint density at radius 1 is 1.08 bits per heavy atom. The van der Waals surface area contributed by atoms with Crippen LogP contribution >= 0.6 is 0 Å². The molecule has 3 fully saturated rings. The number of aryl methyl sites for hydroxylation is 1. The van der Waals surface area contributed by atoms with Gasteiger partial charge < -0.3 is 25.1 Å². The standard InChI is InChI=1S/C29H34N6O2/c1-29(2)36-25-19(15-23(26(25)37-29)35-13-12-21-27(30)31-16-32-28(21)35)9-7-17-6-8-18-10-11-24(34-22(18)14-17)33-20-4-3-5-20/h6,8,10-14,16,19-20,23,25-26H,3-5,7,9,15H2,1-2H3,(H,33,34)(H2,30,31,32)/t19-,23+,25+,26-/m0/s1. The number of aromatic nitrogens is 4. The molecule has 1 aliphatic heterocycles. The number of anilines is 2. The summed E-state index contributed by atoms with van der Waals surface area (Å²) in [6.07, 6.45) is 10.4. The first-order chi connectivity index (χ1) is 17.9.